The number of nitrogens with zero attached hydrogens (tertiary/aromatic N) is 1. The lowest BCUT2D eigenvalue weighted by atomic mass is 10.1. The normalized spacial score (nSPS) is 10.5. The highest BCUT2D eigenvalue weighted by Gasteiger charge is 2.01. The largest absolute Gasteiger partial charge is 0.205 e. The van der Waals surface area contributed by atoms with Crippen molar-refractivity contribution < 1.29 is 4.57 Å². The van der Waals surface area contributed by atoms with Crippen LogP contribution in [0.4, 0.5) is 0 Å². The lowest BCUT2D eigenvalue weighted by Crippen LogP contribution is -2.32. The Morgan fingerprint density at radius 3 is 2.17 bits per heavy atom. The van der Waals surface area contributed by atoms with Gasteiger partial charge in [0.25, 0.3) is 0 Å². The molecular formula is C17H22N+. The minimum atomic E-state index is 1.10. The monoisotopic (exact) mass is 240 g/mol. The molecule has 0 bridgehead atoms. The van der Waals surface area contributed by atoms with Crippen molar-refractivity contribution in [3.05, 3.63) is 66.0 Å². The predicted molar refractivity (Wildman–Crippen MR) is 75.4 cm³/mol. The Kier molecular flexibility index (Phi) is 4.95. The summed E-state index contributed by atoms with van der Waals surface area (Å²) in [5.41, 5.74) is 2.87. The first kappa shape index (κ1) is 12.8. The molecule has 1 heterocycles. The van der Waals surface area contributed by atoms with Gasteiger partial charge in [0.05, 0.1) is 0 Å². The average molecular weight is 240 g/mol. The molecule has 0 aliphatic heterocycles. The number of aromatic nitrogens is 1. The minimum Gasteiger partial charge on any atom is -0.205 e. The van der Waals surface area contributed by atoms with Gasteiger partial charge in [-0.2, -0.15) is 0 Å². The van der Waals surface area contributed by atoms with Crippen molar-refractivity contribution in [2.75, 3.05) is 0 Å². The van der Waals surface area contributed by atoms with Crippen molar-refractivity contribution in [3.63, 3.8) is 0 Å². The van der Waals surface area contributed by atoms with Crippen molar-refractivity contribution >= 4 is 0 Å². The molecule has 0 fully saturated rings. The van der Waals surface area contributed by atoms with Crippen LogP contribution in [0.2, 0.25) is 0 Å². The zero-order chi connectivity index (χ0) is 12.6. The van der Waals surface area contributed by atoms with E-state index < -0.39 is 0 Å². The second-order valence-corrected chi connectivity index (χ2v) is 4.78. The summed E-state index contributed by atoms with van der Waals surface area (Å²) in [5.74, 6) is 0. The van der Waals surface area contributed by atoms with Crippen molar-refractivity contribution in [2.24, 2.45) is 0 Å². The highest BCUT2D eigenvalue weighted by atomic mass is 14.9. The lowest BCUT2D eigenvalue weighted by Gasteiger charge is -2.00. The SMILES string of the molecule is CCCc1cc[n+](CCCc2ccccc2)cc1. The molecule has 0 aliphatic carbocycles. The Morgan fingerprint density at radius 2 is 1.50 bits per heavy atom. The maximum atomic E-state index is 2.28. The van der Waals surface area contributed by atoms with Crippen molar-refractivity contribution in [1.29, 1.82) is 0 Å². The molecule has 0 atom stereocenters. The quantitative estimate of drug-likeness (QED) is 0.680. The van der Waals surface area contributed by atoms with Crippen LogP contribution in [-0.4, -0.2) is 0 Å². The van der Waals surface area contributed by atoms with E-state index in [9.17, 15) is 0 Å². The molecule has 1 aromatic heterocycles. The number of rotatable bonds is 6. The number of hydrogen-bond donors (Lipinski definition) is 0. The van der Waals surface area contributed by atoms with Crippen LogP contribution in [0.1, 0.15) is 30.9 Å². The number of hydrogen-bond acceptors (Lipinski definition) is 0. The van der Waals surface area contributed by atoms with Crippen molar-refractivity contribution in [3.8, 4) is 0 Å². The third-order valence-corrected chi connectivity index (χ3v) is 3.22. The van der Waals surface area contributed by atoms with Gasteiger partial charge < -0.3 is 0 Å². The smallest absolute Gasteiger partial charge is 0.169 e. The van der Waals surface area contributed by atoms with E-state index in [4.69, 9.17) is 0 Å². The first-order valence-electron chi connectivity index (χ1n) is 6.90. The van der Waals surface area contributed by atoms with Gasteiger partial charge in [-0.25, -0.2) is 4.57 Å². The molecule has 94 valence electrons. The topological polar surface area (TPSA) is 3.88 Å². The van der Waals surface area contributed by atoms with E-state index in [0.717, 1.165) is 13.0 Å². The zero-order valence-electron chi connectivity index (χ0n) is 11.2. The van der Waals surface area contributed by atoms with E-state index in [0.29, 0.717) is 0 Å². The van der Waals surface area contributed by atoms with Gasteiger partial charge in [0.15, 0.2) is 12.4 Å². The molecular weight excluding hydrogens is 218 g/mol. The summed E-state index contributed by atoms with van der Waals surface area (Å²) in [6.07, 6.45) is 9.17. The maximum Gasteiger partial charge on any atom is 0.169 e. The van der Waals surface area contributed by atoms with E-state index in [1.54, 1.807) is 0 Å². The lowest BCUT2D eigenvalue weighted by molar-refractivity contribution is -0.697. The third-order valence-electron chi connectivity index (χ3n) is 3.22. The summed E-state index contributed by atoms with van der Waals surface area (Å²) in [5, 5.41) is 0. The fourth-order valence-corrected chi connectivity index (χ4v) is 2.20. The Morgan fingerprint density at radius 1 is 0.833 bits per heavy atom. The highest BCUT2D eigenvalue weighted by molar-refractivity contribution is 5.14. The highest BCUT2D eigenvalue weighted by Crippen LogP contribution is 2.03. The van der Waals surface area contributed by atoms with Crippen LogP contribution < -0.4 is 4.57 Å². The van der Waals surface area contributed by atoms with Gasteiger partial charge in [-0.3, -0.25) is 0 Å². The molecule has 0 aliphatic rings. The summed E-state index contributed by atoms with van der Waals surface area (Å²) in [6.45, 7) is 3.32. The van der Waals surface area contributed by atoms with Crippen LogP contribution in [0.3, 0.4) is 0 Å². The number of aryl methyl sites for hydroxylation is 3. The molecule has 1 aromatic carbocycles. The molecule has 0 unspecified atom stereocenters. The molecule has 1 nitrogen and oxygen atoms in total. The molecule has 0 amide bonds. The summed E-state index contributed by atoms with van der Waals surface area (Å²) in [7, 11) is 0. The second-order valence-electron chi connectivity index (χ2n) is 4.78. The Hall–Kier alpha value is -1.63. The molecule has 18 heavy (non-hydrogen) atoms. The predicted octanol–water partition coefficient (Wildman–Crippen LogP) is 3.56. The molecule has 2 aromatic rings. The molecule has 0 radical (unpaired) electrons. The fourth-order valence-electron chi connectivity index (χ4n) is 2.20. The van der Waals surface area contributed by atoms with Gasteiger partial charge in [-0.1, -0.05) is 43.7 Å². The van der Waals surface area contributed by atoms with Crippen LogP contribution in [0.5, 0.6) is 0 Å². The van der Waals surface area contributed by atoms with Gasteiger partial charge in [-0.05, 0) is 24.0 Å². The Bertz CT molecular complexity index is 445. The van der Waals surface area contributed by atoms with Crippen molar-refractivity contribution in [2.45, 2.75) is 39.2 Å². The van der Waals surface area contributed by atoms with Crippen LogP contribution in [0.15, 0.2) is 54.9 Å². The van der Waals surface area contributed by atoms with E-state index in [-0.39, 0.29) is 0 Å². The molecule has 0 spiro atoms. The average Bonchev–Trinajstić information content (AvgIpc) is 2.42. The minimum absolute atomic E-state index is 1.10. The van der Waals surface area contributed by atoms with Gasteiger partial charge in [0.2, 0.25) is 0 Å². The van der Waals surface area contributed by atoms with E-state index in [1.807, 2.05) is 0 Å². The number of benzene rings is 1. The molecule has 1 heteroatoms. The Labute approximate surface area is 110 Å². The van der Waals surface area contributed by atoms with Gasteiger partial charge >= 0.3 is 0 Å². The molecule has 0 saturated heterocycles. The van der Waals surface area contributed by atoms with Crippen LogP contribution in [-0.2, 0) is 19.4 Å². The first-order valence-corrected chi connectivity index (χ1v) is 6.90. The van der Waals surface area contributed by atoms with Crippen LogP contribution in [0, 0.1) is 0 Å². The summed E-state index contributed by atoms with van der Waals surface area (Å²) in [4.78, 5) is 0. The first-order chi connectivity index (χ1) is 8.88. The number of pyridine rings is 1. The van der Waals surface area contributed by atoms with E-state index in [2.05, 4.69) is 66.3 Å². The third kappa shape index (κ3) is 3.99. The molecule has 0 N–H and O–H groups in total. The zero-order valence-corrected chi connectivity index (χ0v) is 11.2. The molecule has 2 rings (SSSR count). The van der Waals surface area contributed by atoms with Gasteiger partial charge in [-0.15, -0.1) is 0 Å². The van der Waals surface area contributed by atoms with Crippen LogP contribution >= 0.6 is 0 Å². The van der Waals surface area contributed by atoms with Gasteiger partial charge in [0, 0.05) is 18.6 Å². The van der Waals surface area contributed by atoms with E-state index >= 15 is 0 Å². The van der Waals surface area contributed by atoms with Crippen molar-refractivity contribution in [1.82, 2.24) is 0 Å². The summed E-state index contributed by atoms with van der Waals surface area (Å²) in [6, 6.07) is 15.2. The standard InChI is InChI=1S/C17H22N/c1-2-7-16-11-14-18(15-12-16)13-6-10-17-8-4-3-5-9-17/h3-5,8-9,11-12,14-15H,2,6-7,10,13H2,1H3/q+1. The second kappa shape index (κ2) is 6.95. The summed E-state index contributed by atoms with van der Waals surface area (Å²) >= 11 is 0. The Balaban J connectivity index is 1.80. The summed E-state index contributed by atoms with van der Waals surface area (Å²) < 4.78 is 2.28. The maximum absolute atomic E-state index is 2.28. The van der Waals surface area contributed by atoms with E-state index in [1.165, 1.54) is 30.4 Å². The molecule has 0 saturated carbocycles. The van der Waals surface area contributed by atoms with Crippen LogP contribution in [0.25, 0.3) is 0 Å². The fraction of sp³-hybridized carbons (Fsp3) is 0.353. The van der Waals surface area contributed by atoms with Gasteiger partial charge in [0.1, 0.15) is 6.54 Å².